The van der Waals surface area contributed by atoms with Crippen LogP contribution in [0.2, 0.25) is 0 Å². The molecule has 2 aliphatic rings. The molecule has 0 bridgehead atoms. The van der Waals surface area contributed by atoms with Gasteiger partial charge in [0.25, 0.3) is 5.91 Å². The van der Waals surface area contributed by atoms with Crippen LogP contribution in [0.25, 0.3) is 0 Å². The third kappa shape index (κ3) is 3.79. The van der Waals surface area contributed by atoms with Crippen molar-refractivity contribution in [2.24, 2.45) is 0 Å². The number of fused-ring (bicyclic) bond motifs is 1. The maximum atomic E-state index is 13.5. The second-order valence-corrected chi connectivity index (χ2v) is 7.71. The van der Waals surface area contributed by atoms with Gasteiger partial charge < -0.3 is 14.1 Å². The number of amides is 1. The number of carbonyl (C=O) groups excluding carboxylic acids is 2. The lowest BCUT2D eigenvalue weighted by atomic mass is 10.0. The van der Waals surface area contributed by atoms with Crippen molar-refractivity contribution in [2.45, 2.75) is 45.3 Å². The summed E-state index contributed by atoms with van der Waals surface area (Å²) < 4.78 is 24.3. The summed E-state index contributed by atoms with van der Waals surface area (Å²) in [5.74, 6) is 0.614. The van der Waals surface area contributed by atoms with E-state index in [0.29, 0.717) is 43.8 Å². The number of hydrogen-bond donors (Lipinski definition) is 0. The van der Waals surface area contributed by atoms with E-state index < -0.39 is 6.04 Å². The summed E-state index contributed by atoms with van der Waals surface area (Å²) in [7, 11) is 1.35. The average Bonchev–Trinajstić information content (AvgIpc) is 3.31. The Labute approximate surface area is 169 Å². The van der Waals surface area contributed by atoms with Crippen LogP contribution in [0.1, 0.15) is 45.8 Å². The predicted octanol–water partition coefficient (Wildman–Crippen LogP) is 3.06. The third-order valence-electron chi connectivity index (χ3n) is 5.80. The molecule has 1 aromatic heterocycles. The van der Waals surface area contributed by atoms with Crippen LogP contribution >= 0.6 is 0 Å². The highest BCUT2D eigenvalue weighted by Gasteiger charge is 2.38. The van der Waals surface area contributed by atoms with Crippen LogP contribution in [0.15, 0.2) is 28.7 Å². The molecule has 0 N–H and O–H groups in total. The smallest absolute Gasteiger partial charge is 0.328 e. The van der Waals surface area contributed by atoms with E-state index in [4.69, 9.17) is 9.15 Å². The minimum absolute atomic E-state index is 0.173. The first-order valence-corrected chi connectivity index (χ1v) is 9.94. The quantitative estimate of drug-likeness (QED) is 0.738. The minimum atomic E-state index is -0.538. The lowest BCUT2D eigenvalue weighted by Gasteiger charge is -2.28. The van der Waals surface area contributed by atoms with Gasteiger partial charge in [-0.15, -0.1) is 0 Å². The first-order chi connectivity index (χ1) is 14.0. The zero-order chi connectivity index (χ0) is 20.5. The average molecular weight is 400 g/mol. The molecule has 6 nitrogen and oxygen atoms in total. The number of carbonyl (C=O) groups is 2. The molecule has 1 fully saturated rings. The molecule has 1 saturated heterocycles. The molecule has 0 saturated carbocycles. The number of furan rings is 1. The number of ether oxygens (including phenoxy) is 1. The highest BCUT2D eigenvalue weighted by Crippen LogP contribution is 2.32. The Morgan fingerprint density at radius 1 is 1.31 bits per heavy atom. The molecule has 1 aromatic carbocycles. The lowest BCUT2D eigenvalue weighted by Crippen LogP contribution is -2.42. The molecule has 1 amide bonds. The van der Waals surface area contributed by atoms with Gasteiger partial charge in [0, 0.05) is 38.2 Å². The van der Waals surface area contributed by atoms with Crippen molar-refractivity contribution >= 4 is 11.9 Å². The van der Waals surface area contributed by atoms with Gasteiger partial charge in [-0.25, -0.2) is 9.18 Å². The van der Waals surface area contributed by atoms with Crippen molar-refractivity contribution in [2.75, 3.05) is 20.2 Å². The molecule has 154 valence electrons. The zero-order valence-corrected chi connectivity index (χ0v) is 16.7. The van der Waals surface area contributed by atoms with Gasteiger partial charge in [-0.3, -0.25) is 9.69 Å². The molecule has 1 atom stereocenters. The minimum Gasteiger partial charge on any atom is -0.467 e. The van der Waals surface area contributed by atoms with Crippen LogP contribution in [-0.4, -0.2) is 47.9 Å². The van der Waals surface area contributed by atoms with E-state index in [1.54, 1.807) is 17.9 Å². The molecule has 1 unspecified atom stereocenters. The molecular formula is C22H25FN2O4. The lowest BCUT2D eigenvalue weighted by molar-refractivity contribution is -0.145. The van der Waals surface area contributed by atoms with Crippen LogP contribution in [0.5, 0.6) is 0 Å². The summed E-state index contributed by atoms with van der Waals surface area (Å²) in [6.07, 6.45) is 2.08. The van der Waals surface area contributed by atoms with Gasteiger partial charge in [0.1, 0.15) is 23.4 Å². The van der Waals surface area contributed by atoms with E-state index in [2.05, 4.69) is 4.90 Å². The van der Waals surface area contributed by atoms with Crippen LogP contribution in [0.4, 0.5) is 4.39 Å². The molecule has 0 spiro atoms. The molecule has 7 heteroatoms. The van der Waals surface area contributed by atoms with Crippen molar-refractivity contribution in [3.05, 3.63) is 58.3 Å². The molecule has 2 aromatic rings. The number of esters is 1. The summed E-state index contributed by atoms with van der Waals surface area (Å²) in [6.45, 7) is 4.26. The van der Waals surface area contributed by atoms with E-state index in [1.807, 2.05) is 6.07 Å². The largest absolute Gasteiger partial charge is 0.467 e. The van der Waals surface area contributed by atoms with Crippen molar-refractivity contribution in [3.63, 3.8) is 0 Å². The number of benzene rings is 1. The number of nitrogens with zero attached hydrogens (tertiary/aromatic N) is 2. The molecule has 0 radical (unpaired) electrons. The number of hydrogen-bond acceptors (Lipinski definition) is 5. The summed E-state index contributed by atoms with van der Waals surface area (Å²) in [4.78, 5) is 29.2. The maximum Gasteiger partial charge on any atom is 0.328 e. The van der Waals surface area contributed by atoms with Gasteiger partial charge in [0.2, 0.25) is 0 Å². The van der Waals surface area contributed by atoms with Crippen LogP contribution in [0.3, 0.4) is 0 Å². The van der Waals surface area contributed by atoms with Crippen LogP contribution < -0.4 is 0 Å². The van der Waals surface area contributed by atoms with Gasteiger partial charge >= 0.3 is 5.97 Å². The van der Waals surface area contributed by atoms with Crippen molar-refractivity contribution in [3.8, 4) is 0 Å². The molecule has 0 aliphatic carbocycles. The predicted molar refractivity (Wildman–Crippen MR) is 104 cm³/mol. The SMILES string of the molecule is COC(=O)C1CCCN1C(=O)c1c(C)oc2c1CN(Cc1cccc(F)c1)CC2. The number of rotatable bonds is 4. The number of methoxy groups -OCH3 is 1. The second-order valence-electron chi connectivity index (χ2n) is 7.71. The van der Waals surface area contributed by atoms with Gasteiger partial charge in [0.15, 0.2) is 0 Å². The third-order valence-corrected chi connectivity index (χ3v) is 5.80. The number of aryl methyl sites for hydroxylation is 1. The molecule has 3 heterocycles. The first kappa shape index (κ1) is 19.6. The zero-order valence-electron chi connectivity index (χ0n) is 16.7. The first-order valence-electron chi connectivity index (χ1n) is 9.94. The van der Waals surface area contributed by atoms with Crippen molar-refractivity contribution in [1.82, 2.24) is 9.80 Å². The fourth-order valence-corrected chi connectivity index (χ4v) is 4.42. The maximum absolute atomic E-state index is 13.5. The Morgan fingerprint density at radius 3 is 2.90 bits per heavy atom. The van der Waals surface area contributed by atoms with Gasteiger partial charge in [0.05, 0.1) is 12.7 Å². The fourth-order valence-electron chi connectivity index (χ4n) is 4.42. The summed E-state index contributed by atoms with van der Waals surface area (Å²) in [5.41, 5.74) is 2.33. The topological polar surface area (TPSA) is 63.0 Å². The van der Waals surface area contributed by atoms with E-state index in [-0.39, 0.29) is 17.7 Å². The Kier molecular flexibility index (Phi) is 5.41. The molecule has 4 rings (SSSR count). The van der Waals surface area contributed by atoms with Crippen LogP contribution in [0, 0.1) is 12.7 Å². The van der Waals surface area contributed by atoms with Crippen molar-refractivity contribution in [1.29, 1.82) is 0 Å². The normalized spacial score (nSPS) is 19.3. The summed E-state index contributed by atoms with van der Waals surface area (Å²) >= 11 is 0. The van der Waals surface area contributed by atoms with Crippen molar-refractivity contribution < 1.29 is 23.1 Å². The highest BCUT2D eigenvalue weighted by molar-refractivity contribution is 5.99. The van der Waals surface area contributed by atoms with Gasteiger partial charge in [-0.2, -0.15) is 0 Å². The fraction of sp³-hybridized carbons (Fsp3) is 0.455. The molecule has 2 aliphatic heterocycles. The summed E-state index contributed by atoms with van der Waals surface area (Å²) in [6, 6.07) is 6.03. The molecule has 29 heavy (non-hydrogen) atoms. The highest BCUT2D eigenvalue weighted by atomic mass is 19.1. The Hall–Kier alpha value is -2.67. The van der Waals surface area contributed by atoms with E-state index in [9.17, 15) is 14.0 Å². The monoisotopic (exact) mass is 400 g/mol. The Balaban J connectivity index is 1.57. The van der Waals surface area contributed by atoms with Crippen LogP contribution in [-0.2, 0) is 29.0 Å². The summed E-state index contributed by atoms with van der Waals surface area (Å²) in [5, 5.41) is 0. The van der Waals surface area contributed by atoms with E-state index in [0.717, 1.165) is 29.9 Å². The van der Waals surface area contributed by atoms with Gasteiger partial charge in [-0.1, -0.05) is 12.1 Å². The number of halogens is 1. The van der Waals surface area contributed by atoms with E-state index >= 15 is 0 Å². The Morgan fingerprint density at radius 2 is 2.14 bits per heavy atom. The van der Waals surface area contributed by atoms with Gasteiger partial charge in [-0.05, 0) is 37.5 Å². The second kappa shape index (κ2) is 7.99. The van der Waals surface area contributed by atoms with E-state index in [1.165, 1.54) is 19.2 Å². The molecular weight excluding hydrogens is 375 g/mol. The number of likely N-dealkylation sites (tertiary alicyclic amines) is 1. The standard InChI is InChI=1S/C22H25FN2O4/c1-14-20(21(26)25-9-4-7-18(25)22(27)28-2)17-13-24(10-8-19(17)29-14)12-15-5-3-6-16(23)11-15/h3,5-6,11,18H,4,7-10,12-13H2,1-2H3. The Bertz CT molecular complexity index is 939.